The topological polar surface area (TPSA) is 54.7 Å². The summed E-state index contributed by atoms with van der Waals surface area (Å²) >= 11 is 0. The minimum Gasteiger partial charge on any atom is -0.376 e. The van der Waals surface area contributed by atoms with Crippen LogP contribution in [-0.4, -0.2) is 62.5 Å². The average molecular weight is 328 g/mol. The lowest BCUT2D eigenvalue weighted by Crippen LogP contribution is -3.12. The molecule has 24 heavy (non-hydrogen) atoms. The van der Waals surface area contributed by atoms with Crippen molar-refractivity contribution in [2.24, 2.45) is 0 Å². The van der Waals surface area contributed by atoms with Gasteiger partial charge in [0, 0.05) is 18.5 Å². The molecule has 6 nitrogen and oxygen atoms in total. The van der Waals surface area contributed by atoms with Gasteiger partial charge in [-0.3, -0.25) is 0 Å². The first-order valence-corrected chi connectivity index (χ1v) is 8.98. The lowest BCUT2D eigenvalue weighted by molar-refractivity contribution is -0.880. The number of ether oxygens (including phenoxy) is 1. The van der Waals surface area contributed by atoms with E-state index in [1.165, 1.54) is 0 Å². The highest BCUT2D eigenvalue weighted by Crippen LogP contribution is 2.24. The van der Waals surface area contributed by atoms with E-state index in [1.807, 2.05) is 12.1 Å². The molecular formula is C18H26N5O+. The quantitative estimate of drug-likeness (QED) is 0.859. The molecule has 2 N–H and O–H groups in total. The number of hydrogen-bond acceptors (Lipinski definition) is 5. The fourth-order valence-electron chi connectivity index (χ4n) is 3.44. The summed E-state index contributed by atoms with van der Waals surface area (Å²) in [5.41, 5.74) is 1.00. The van der Waals surface area contributed by atoms with Crippen LogP contribution in [0.4, 0.5) is 11.8 Å². The van der Waals surface area contributed by atoms with Crippen LogP contribution in [-0.2, 0) is 4.74 Å². The Kier molecular flexibility index (Phi) is 4.49. The number of aromatic nitrogens is 2. The van der Waals surface area contributed by atoms with Crippen LogP contribution in [0.1, 0.15) is 12.8 Å². The minimum atomic E-state index is 0.300. The number of nitrogens with one attached hydrogen (secondary N) is 2. The van der Waals surface area contributed by atoms with Crippen LogP contribution in [0, 0.1) is 0 Å². The largest absolute Gasteiger partial charge is 0.376 e. The third-order valence-electron chi connectivity index (χ3n) is 5.01. The first-order chi connectivity index (χ1) is 11.8. The molecule has 2 aliphatic rings. The Morgan fingerprint density at radius 1 is 1.25 bits per heavy atom. The van der Waals surface area contributed by atoms with Crippen molar-refractivity contribution in [2.45, 2.75) is 18.9 Å². The molecule has 0 aliphatic carbocycles. The van der Waals surface area contributed by atoms with E-state index in [9.17, 15) is 0 Å². The van der Waals surface area contributed by atoms with Crippen molar-refractivity contribution in [2.75, 3.05) is 56.6 Å². The molecule has 3 heterocycles. The molecule has 1 atom stereocenters. The normalized spacial score (nSPS) is 22.2. The van der Waals surface area contributed by atoms with Gasteiger partial charge in [0.05, 0.1) is 44.8 Å². The van der Waals surface area contributed by atoms with Gasteiger partial charge in [0.2, 0.25) is 5.95 Å². The van der Waals surface area contributed by atoms with Crippen molar-refractivity contribution >= 4 is 22.7 Å². The summed E-state index contributed by atoms with van der Waals surface area (Å²) in [4.78, 5) is 13.5. The molecule has 4 rings (SSSR count). The second kappa shape index (κ2) is 6.91. The predicted octanol–water partition coefficient (Wildman–Crippen LogP) is 0.555. The van der Waals surface area contributed by atoms with E-state index in [1.54, 1.807) is 4.90 Å². The molecule has 2 saturated heterocycles. The molecular weight excluding hydrogens is 302 g/mol. The summed E-state index contributed by atoms with van der Waals surface area (Å²) in [6, 6.07) is 8.24. The van der Waals surface area contributed by atoms with Gasteiger partial charge in [0.15, 0.2) is 0 Å². The number of para-hydroxylation sites is 1. The van der Waals surface area contributed by atoms with E-state index < -0.39 is 0 Å². The number of rotatable bonds is 4. The molecule has 0 radical (unpaired) electrons. The molecule has 2 aliphatic heterocycles. The van der Waals surface area contributed by atoms with Gasteiger partial charge in [-0.1, -0.05) is 12.1 Å². The Morgan fingerprint density at radius 2 is 2.08 bits per heavy atom. The molecule has 2 aromatic rings. The lowest BCUT2D eigenvalue weighted by Gasteiger charge is -2.30. The summed E-state index contributed by atoms with van der Waals surface area (Å²) in [6.45, 7) is 5.98. The van der Waals surface area contributed by atoms with Gasteiger partial charge in [-0.05, 0) is 25.0 Å². The van der Waals surface area contributed by atoms with E-state index >= 15 is 0 Å². The van der Waals surface area contributed by atoms with Gasteiger partial charge < -0.3 is 19.9 Å². The number of likely N-dealkylation sites (N-methyl/N-ethyl adjacent to an activating group) is 1. The minimum absolute atomic E-state index is 0.300. The van der Waals surface area contributed by atoms with E-state index in [4.69, 9.17) is 14.7 Å². The van der Waals surface area contributed by atoms with Crippen LogP contribution in [0.5, 0.6) is 0 Å². The fraction of sp³-hybridized carbons (Fsp3) is 0.556. The van der Waals surface area contributed by atoms with Crippen molar-refractivity contribution in [3.8, 4) is 0 Å². The van der Waals surface area contributed by atoms with Crippen LogP contribution in [0.2, 0.25) is 0 Å². The molecule has 1 aromatic heterocycles. The number of quaternary nitrogens is 1. The maximum atomic E-state index is 5.73. The summed E-state index contributed by atoms with van der Waals surface area (Å²) in [5, 5.41) is 4.59. The Bertz CT molecular complexity index is 693. The first-order valence-electron chi connectivity index (χ1n) is 8.98. The molecule has 0 bridgehead atoms. The molecule has 2 fully saturated rings. The lowest BCUT2D eigenvalue weighted by atomic mass is 10.2. The van der Waals surface area contributed by atoms with Crippen molar-refractivity contribution in [1.29, 1.82) is 0 Å². The molecule has 1 aromatic carbocycles. The van der Waals surface area contributed by atoms with Crippen LogP contribution in [0.25, 0.3) is 10.9 Å². The van der Waals surface area contributed by atoms with Crippen molar-refractivity contribution in [1.82, 2.24) is 9.97 Å². The van der Waals surface area contributed by atoms with Gasteiger partial charge >= 0.3 is 0 Å². The SMILES string of the molecule is C[NH+]1CCN(c2nc(NC[C@H]3CCCO3)c3ccccc3n2)CC1. The van der Waals surface area contributed by atoms with E-state index in [0.717, 1.165) is 74.8 Å². The van der Waals surface area contributed by atoms with Crippen LogP contribution < -0.4 is 15.1 Å². The van der Waals surface area contributed by atoms with Gasteiger partial charge in [0.1, 0.15) is 5.82 Å². The van der Waals surface area contributed by atoms with E-state index in [-0.39, 0.29) is 0 Å². The molecule has 0 unspecified atom stereocenters. The number of anilines is 2. The summed E-state index contributed by atoms with van der Waals surface area (Å²) in [5.74, 6) is 1.77. The van der Waals surface area contributed by atoms with Crippen LogP contribution in [0.15, 0.2) is 24.3 Å². The van der Waals surface area contributed by atoms with E-state index in [2.05, 4.69) is 29.4 Å². The molecule has 6 heteroatoms. The summed E-state index contributed by atoms with van der Waals surface area (Å²) in [6.07, 6.45) is 2.59. The summed E-state index contributed by atoms with van der Waals surface area (Å²) < 4.78 is 5.73. The number of hydrogen-bond donors (Lipinski definition) is 2. The number of benzene rings is 1. The smallest absolute Gasteiger partial charge is 0.228 e. The molecule has 0 saturated carbocycles. The van der Waals surface area contributed by atoms with Crippen molar-refractivity contribution in [3.63, 3.8) is 0 Å². The maximum absolute atomic E-state index is 5.73. The molecule has 0 amide bonds. The second-order valence-corrected chi connectivity index (χ2v) is 6.85. The Balaban J connectivity index is 1.60. The van der Waals surface area contributed by atoms with Gasteiger partial charge in [-0.15, -0.1) is 0 Å². The standard InChI is InChI=1S/C18H25N5O/c1-22-8-10-23(11-9-22)18-20-16-7-3-2-6-15(16)17(21-18)19-13-14-5-4-12-24-14/h2-3,6-7,14H,4-5,8-13H2,1H3,(H,19,20,21)/p+1/t14-/m1/s1. The van der Waals surface area contributed by atoms with Crippen LogP contribution >= 0.6 is 0 Å². The zero-order valence-corrected chi connectivity index (χ0v) is 14.3. The first kappa shape index (κ1) is 15.6. The van der Waals surface area contributed by atoms with Gasteiger partial charge in [-0.2, -0.15) is 4.98 Å². The third kappa shape index (κ3) is 3.30. The highest BCUT2D eigenvalue weighted by Gasteiger charge is 2.21. The fourth-order valence-corrected chi connectivity index (χ4v) is 3.44. The average Bonchev–Trinajstić information content (AvgIpc) is 3.13. The monoisotopic (exact) mass is 328 g/mol. The summed E-state index contributed by atoms with van der Waals surface area (Å²) in [7, 11) is 2.24. The highest BCUT2D eigenvalue weighted by molar-refractivity contribution is 5.90. The van der Waals surface area contributed by atoms with Crippen molar-refractivity contribution in [3.05, 3.63) is 24.3 Å². The molecule has 128 valence electrons. The Labute approximate surface area is 142 Å². The van der Waals surface area contributed by atoms with Gasteiger partial charge in [-0.25, -0.2) is 4.98 Å². The zero-order chi connectivity index (χ0) is 16.4. The predicted molar refractivity (Wildman–Crippen MR) is 95.8 cm³/mol. The second-order valence-electron chi connectivity index (χ2n) is 6.85. The van der Waals surface area contributed by atoms with Crippen LogP contribution in [0.3, 0.4) is 0 Å². The third-order valence-corrected chi connectivity index (χ3v) is 5.01. The number of piperazine rings is 1. The Hall–Kier alpha value is -1.92. The number of fused-ring (bicyclic) bond motifs is 1. The number of nitrogens with zero attached hydrogens (tertiary/aromatic N) is 3. The van der Waals surface area contributed by atoms with Crippen molar-refractivity contribution < 1.29 is 9.64 Å². The maximum Gasteiger partial charge on any atom is 0.228 e. The zero-order valence-electron chi connectivity index (χ0n) is 14.3. The Morgan fingerprint density at radius 3 is 2.88 bits per heavy atom. The van der Waals surface area contributed by atoms with Gasteiger partial charge in [0.25, 0.3) is 0 Å². The van der Waals surface area contributed by atoms with E-state index in [0.29, 0.717) is 6.10 Å². The molecule has 0 spiro atoms. The highest BCUT2D eigenvalue weighted by atomic mass is 16.5.